The molecule has 0 radical (unpaired) electrons. The van der Waals surface area contributed by atoms with Crippen molar-refractivity contribution in [3.8, 4) is 0 Å². The third-order valence-electron chi connectivity index (χ3n) is 4.45. The van der Waals surface area contributed by atoms with Crippen LogP contribution in [-0.2, 0) is 19.6 Å². The van der Waals surface area contributed by atoms with Crippen LogP contribution in [0.15, 0.2) is 35.2 Å². The lowest BCUT2D eigenvalue weighted by atomic mass is 10.3. The van der Waals surface area contributed by atoms with Crippen molar-refractivity contribution in [3.05, 3.63) is 30.3 Å². The lowest BCUT2D eigenvalue weighted by molar-refractivity contribution is -0.135. The fraction of sp³-hybridized carbons (Fsp3) is 0.556. The van der Waals surface area contributed by atoms with Crippen LogP contribution in [-0.4, -0.2) is 87.2 Å². The van der Waals surface area contributed by atoms with Crippen molar-refractivity contribution < 1.29 is 18.0 Å². The molecule has 1 saturated heterocycles. The number of rotatable bonds is 8. The van der Waals surface area contributed by atoms with Crippen molar-refractivity contribution in [3.63, 3.8) is 0 Å². The first kappa shape index (κ1) is 21.3. The van der Waals surface area contributed by atoms with Crippen molar-refractivity contribution in [2.45, 2.75) is 18.2 Å². The maximum Gasteiger partial charge on any atom is 0.243 e. The van der Waals surface area contributed by atoms with E-state index >= 15 is 0 Å². The molecule has 1 aromatic rings. The topological polar surface area (TPSA) is 90.0 Å². The Morgan fingerprint density at radius 3 is 2.33 bits per heavy atom. The van der Waals surface area contributed by atoms with Gasteiger partial charge in [0.15, 0.2) is 0 Å². The molecular weight excluding hydrogens is 368 g/mol. The predicted octanol–water partition coefficient (Wildman–Crippen LogP) is -0.0225. The molecule has 0 bridgehead atoms. The van der Waals surface area contributed by atoms with Crippen molar-refractivity contribution in [2.75, 3.05) is 52.9 Å². The molecule has 0 spiro atoms. The average molecular weight is 397 g/mol. The summed E-state index contributed by atoms with van der Waals surface area (Å²) in [7, 11) is -1.90. The molecule has 0 aliphatic carbocycles. The zero-order chi connectivity index (χ0) is 19.9. The van der Waals surface area contributed by atoms with Crippen LogP contribution in [0.1, 0.15) is 13.3 Å². The molecule has 1 aromatic carbocycles. The van der Waals surface area contributed by atoms with E-state index in [9.17, 15) is 18.0 Å². The summed E-state index contributed by atoms with van der Waals surface area (Å²) >= 11 is 0. The Kier molecular flexibility index (Phi) is 7.76. The van der Waals surface area contributed by atoms with Crippen LogP contribution in [0.2, 0.25) is 0 Å². The van der Waals surface area contributed by atoms with E-state index in [2.05, 4.69) is 5.32 Å². The number of nitrogens with one attached hydrogen (secondary N) is 1. The molecule has 1 N–H and O–H groups in total. The number of nitrogens with zero attached hydrogens (tertiary/aromatic N) is 3. The molecule has 8 nitrogen and oxygen atoms in total. The van der Waals surface area contributed by atoms with Crippen LogP contribution < -0.4 is 5.32 Å². The van der Waals surface area contributed by atoms with Gasteiger partial charge >= 0.3 is 0 Å². The monoisotopic (exact) mass is 396 g/mol. The molecule has 0 aromatic heterocycles. The quantitative estimate of drug-likeness (QED) is 0.667. The van der Waals surface area contributed by atoms with Gasteiger partial charge in [0.25, 0.3) is 0 Å². The number of benzene rings is 1. The molecule has 1 aliphatic heterocycles. The summed E-state index contributed by atoms with van der Waals surface area (Å²) in [6.45, 7) is 4.40. The fourth-order valence-corrected chi connectivity index (χ4v) is 4.25. The van der Waals surface area contributed by atoms with Gasteiger partial charge in [0.2, 0.25) is 21.8 Å². The zero-order valence-electron chi connectivity index (χ0n) is 15.9. The normalized spacial score (nSPS) is 16.1. The maximum absolute atomic E-state index is 12.6. The fourth-order valence-electron chi connectivity index (χ4n) is 2.81. The van der Waals surface area contributed by atoms with Crippen molar-refractivity contribution >= 4 is 21.8 Å². The number of hydrogen-bond acceptors (Lipinski definition) is 5. The smallest absolute Gasteiger partial charge is 0.243 e. The van der Waals surface area contributed by atoms with E-state index in [-0.39, 0.29) is 29.8 Å². The molecule has 2 rings (SSSR count). The van der Waals surface area contributed by atoms with E-state index in [4.69, 9.17) is 0 Å². The molecule has 1 heterocycles. The Hall–Kier alpha value is -1.97. The van der Waals surface area contributed by atoms with E-state index in [1.807, 2.05) is 11.8 Å². The summed E-state index contributed by atoms with van der Waals surface area (Å²) in [6, 6.07) is 8.36. The molecule has 2 amide bonds. The van der Waals surface area contributed by atoms with Gasteiger partial charge in [-0.3, -0.25) is 14.5 Å². The van der Waals surface area contributed by atoms with E-state index in [1.165, 1.54) is 9.21 Å². The van der Waals surface area contributed by atoms with Gasteiger partial charge < -0.3 is 10.2 Å². The Morgan fingerprint density at radius 1 is 1.11 bits per heavy atom. The second-order valence-corrected chi connectivity index (χ2v) is 8.53. The van der Waals surface area contributed by atoms with Gasteiger partial charge in [-0.1, -0.05) is 25.1 Å². The Bertz CT molecular complexity index is 731. The highest BCUT2D eigenvalue weighted by Crippen LogP contribution is 2.17. The van der Waals surface area contributed by atoms with Crippen LogP contribution in [0.5, 0.6) is 0 Å². The van der Waals surface area contributed by atoms with E-state index < -0.39 is 10.0 Å². The largest absolute Gasteiger partial charge is 0.355 e. The molecule has 0 unspecified atom stereocenters. The first-order chi connectivity index (χ1) is 12.8. The van der Waals surface area contributed by atoms with E-state index in [1.54, 1.807) is 37.4 Å². The Labute approximate surface area is 161 Å². The third-order valence-corrected chi connectivity index (χ3v) is 6.36. The van der Waals surface area contributed by atoms with Crippen LogP contribution >= 0.6 is 0 Å². The number of carbonyl (C=O) groups excluding carboxylic acids is 2. The molecule has 150 valence electrons. The van der Waals surface area contributed by atoms with Gasteiger partial charge in [0.1, 0.15) is 0 Å². The van der Waals surface area contributed by atoms with Crippen molar-refractivity contribution in [1.29, 1.82) is 0 Å². The predicted molar refractivity (Wildman–Crippen MR) is 103 cm³/mol. The zero-order valence-corrected chi connectivity index (χ0v) is 16.7. The second-order valence-electron chi connectivity index (χ2n) is 6.59. The summed E-state index contributed by atoms with van der Waals surface area (Å²) in [5.41, 5.74) is 0. The number of carbonyl (C=O) groups is 2. The number of hydrogen-bond donors (Lipinski definition) is 1. The number of amides is 2. The first-order valence-electron chi connectivity index (χ1n) is 9.12. The minimum absolute atomic E-state index is 0.0290. The first-order valence-corrected chi connectivity index (χ1v) is 10.6. The molecule has 1 aliphatic rings. The van der Waals surface area contributed by atoms with Crippen molar-refractivity contribution in [1.82, 2.24) is 19.4 Å². The molecule has 0 saturated carbocycles. The van der Waals surface area contributed by atoms with E-state index in [0.29, 0.717) is 32.7 Å². The molecule has 0 atom stereocenters. The number of piperazine rings is 1. The molecule has 1 fully saturated rings. The van der Waals surface area contributed by atoms with Gasteiger partial charge in [-0.15, -0.1) is 0 Å². The summed E-state index contributed by atoms with van der Waals surface area (Å²) in [5.74, 6) is -0.326. The summed E-state index contributed by atoms with van der Waals surface area (Å²) in [4.78, 5) is 27.6. The minimum atomic E-state index is -3.50. The lowest BCUT2D eigenvalue weighted by Gasteiger charge is -2.34. The Morgan fingerprint density at radius 2 is 1.74 bits per heavy atom. The highest BCUT2D eigenvalue weighted by molar-refractivity contribution is 7.89. The van der Waals surface area contributed by atoms with Gasteiger partial charge in [0, 0.05) is 39.8 Å². The summed E-state index contributed by atoms with van der Waals surface area (Å²) in [6.07, 6.45) is 0.847. The highest BCUT2D eigenvalue weighted by atomic mass is 32.2. The number of likely N-dealkylation sites (N-methyl/N-ethyl adjacent to an activating group) is 1. The van der Waals surface area contributed by atoms with Crippen molar-refractivity contribution in [2.24, 2.45) is 0 Å². The van der Waals surface area contributed by atoms with Gasteiger partial charge in [0.05, 0.1) is 18.0 Å². The van der Waals surface area contributed by atoms with Crippen LogP contribution in [0.4, 0.5) is 0 Å². The van der Waals surface area contributed by atoms with Crippen LogP contribution in [0.3, 0.4) is 0 Å². The lowest BCUT2D eigenvalue weighted by Crippen LogP contribution is -2.51. The van der Waals surface area contributed by atoms with Gasteiger partial charge in [-0.05, 0) is 18.6 Å². The van der Waals surface area contributed by atoms with Crippen LogP contribution in [0.25, 0.3) is 0 Å². The standard InChI is InChI=1S/C18H28N4O4S/c1-3-9-19-17(23)14-20(2)18(24)15-21-10-12-22(13-11-21)27(25,26)16-7-5-4-6-8-16/h4-8H,3,9-15H2,1-2H3,(H,19,23). The average Bonchev–Trinajstić information content (AvgIpc) is 2.67. The molecule has 27 heavy (non-hydrogen) atoms. The van der Waals surface area contributed by atoms with Gasteiger partial charge in [-0.25, -0.2) is 8.42 Å². The third kappa shape index (κ3) is 6.02. The number of sulfonamides is 1. The molecular formula is C18H28N4O4S. The molecule has 9 heteroatoms. The van der Waals surface area contributed by atoms with Gasteiger partial charge in [-0.2, -0.15) is 4.31 Å². The summed E-state index contributed by atoms with van der Waals surface area (Å²) < 4.78 is 26.7. The highest BCUT2D eigenvalue weighted by Gasteiger charge is 2.29. The summed E-state index contributed by atoms with van der Waals surface area (Å²) in [5, 5.41) is 2.74. The Balaban J connectivity index is 1.82. The SMILES string of the molecule is CCCNC(=O)CN(C)C(=O)CN1CCN(S(=O)(=O)c2ccccc2)CC1. The van der Waals surface area contributed by atoms with Crippen LogP contribution in [0, 0.1) is 0 Å². The second kappa shape index (κ2) is 9.82. The maximum atomic E-state index is 12.6. The minimum Gasteiger partial charge on any atom is -0.355 e. The van der Waals surface area contributed by atoms with E-state index in [0.717, 1.165) is 6.42 Å².